The van der Waals surface area contributed by atoms with Crippen molar-refractivity contribution < 1.29 is 21.6 Å². The Bertz CT molecular complexity index is 554. The molecule has 0 fully saturated rings. The molecule has 0 heterocycles. The van der Waals surface area contributed by atoms with Crippen LogP contribution in [-0.2, 0) is 10.0 Å². The summed E-state index contributed by atoms with van der Waals surface area (Å²) in [5.41, 5.74) is -0.327. The lowest BCUT2D eigenvalue weighted by atomic mass is 10.3. The highest BCUT2D eigenvalue weighted by molar-refractivity contribution is 7.92. The molecular weight excluding hydrogens is 305 g/mol. The first-order valence-electron chi connectivity index (χ1n) is 6.59. The second-order valence-electron chi connectivity index (χ2n) is 4.99. The van der Waals surface area contributed by atoms with Crippen molar-refractivity contribution >= 4 is 15.7 Å². The highest BCUT2D eigenvalue weighted by atomic mass is 32.2. The molecular formula is C13H19F3N2O2S. The van der Waals surface area contributed by atoms with E-state index >= 15 is 0 Å². The molecule has 0 aromatic heterocycles. The maximum Gasteiger partial charge on any atom is 0.232 e. The fraction of sp³-hybridized carbons (Fsp3) is 0.538. The molecule has 0 aliphatic heterocycles. The van der Waals surface area contributed by atoms with Gasteiger partial charge in [-0.1, -0.05) is 13.8 Å². The third-order valence-electron chi connectivity index (χ3n) is 2.65. The maximum atomic E-state index is 13.0. The zero-order valence-electron chi connectivity index (χ0n) is 11.9. The summed E-state index contributed by atoms with van der Waals surface area (Å²) in [7, 11) is -3.72. The summed E-state index contributed by atoms with van der Waals surface area (Å²) in [4.78, 5) is 0. The molecule has 1 aromatic carbocycles. The molecule has 0 spiro atoms. The Balaban J connectivity index is 2.53. The minimum Gasteiger partial charge on any atom is -0.315 e. The maximum absolute atomic E-state index is 13.0. The molecule has 0 saturated heterocycles. The number of halogens is 3. The Morgan fingerprint density at radius 2 is 1.67 bits per heavy atom. The van der Waals surface area contributed by atoms with Crippen LogP contribution in [0.2, 0.25) is 0 Å². The third-order valence-corrected chi connectivity index (χ3v) is 4.02. The van der Waals surface area contributed by atoms with Gasteiger partial charge in [0.2, 0.25) is 10.0 Å². The standard InChI is InChI=1S/C13H19F3N2O2S/c1-9(2)17-5-3-4-6-21(19,20)18-10-7-11(14)13(16)12(15)8-10/h7-9,17-18H,3-6H2,1-2H3. The largest absolute Gasteiger partial charge is 0.315 e. The lowest BCUT2D eigenvalue weighted by Gasteiger charge is -2.10. The molecule has 0 aliphatic rings. The van der Waals surface area contributed by atoms with Crippen LogP contribution in [0.25, 0.3) is 0 Å². The lowest BCUT2D eigenvalue weighted by Crippen LogP contribution is -2.24. The van der Waals surface area contributed by atoms with Crippen LogP contribution in [0.3, 0.4) is 0 Å². The van der Waals surface area contributed by atoms with Gasteiger partial charge in [0.05, 0.1) is 11.4 Å². The van der Waals surface area contributed by atoms with E-state index in [0.717, 1.165) is 0 Å². The summed E-state index contributed by atoms with van der Waals surface area (Å²) in [5, 5.41) is 3.15. The molecule has 120 valence electrons. The van der Waals surface area contributed by atoms with Gasteiger partial charge in [-0.15, -0.1) is 0 Å². The summed E-state index contributed by atoms with van der Waals surface area (Å²) in [6, 6.07) is 1.54. The summed E-state index contributed by atoms with van der Waals surface area (Å²) in [6.07, 6.45) is 1.06. The molecule has 0 amide bonds. The Labute approximate surface area is 122 Å². The van der Waals surface area contributed by atoms with E-state index < -0.39 is 27.5 Å². The van der Waals surface area contributed by atoms with E-state index in [1.165, 1.54) is 0 Å². The highest BCUT2D eigenvalue weighted by Crippen LogP contribution is 2.18. The first-order valence-corrected chi connectivity index (χ1v) is 8.25. The van der Waals surface area contributed by atoms with Crippen molar-refractivity contribution in [3.05, 3.63) is 29.6 Å². The van der Waals surface area contributed by atoms with Gasteiger partial charge in [-0.25, -0.2) is 21.6 Å². The van der Waals surface area contributed by atoms with Crippen LogP contribution in [0.5, 0.6) is 0 Å². The van der Waals surface area contributed by atoms with Crippen LogP contribution < -0.4 is 10.0 Å². The monoisotopic (exact) mass is 324 g/mol. The van der Waals surface area contributed by atoms with Gasteiger partial charge >= 0.3 is 0 Å². The van der Waals surface area contributed by atoms with Crippen molar-refractivity contribution in [1.82, 2.24) is 5.32 Å². The average Bonchev–Trinajstić information content (AvgIpc) is 2.34. The number of hydrogen-bond acceptors (Lipinski definition) is 3. The number of sulfonamides is 1. The molecule has 0 atom stereocenters. The van der Waals surface area contributed by atoms with E-state index in [1.807, 2.05) is 18.6 Å². The minimum absolute atomic E-state index is 0.173. The zero-order valence-corrected chi connectivity index (χ0v) is 12.7. The molecule has 1 aromatic rings. The first-order chi connectivity index (χ1) is 9.71. The van der Waals surface area contributed by atoms with E-state index in [2.05, 4.69) is 5.32 Å². The summed E-state index contributed by atoms with van der Waals surface area (Å²) in [5.74, 6) is -4.67. The normalized spacial score (nSPS) is 11.9. The Kier molecular flexibility index (Phi) is 6.47. The Morgan fingerprint density at radius 1 is 1.10 bits per heavy atom. The number of anilines is 1. The van der Waals surface area contributed by atoms with Crippen molar-refractivity contribution in [2.45, 2.75) is 32.7 Å². The van der Waals surface area contributed by atoms with Crippen LogP contribution >= 0.6 is 0 Å². The van der Waals surface area contributed by atoms with E-state index in [4.69, 9.17) is 0 Å². The summed E-state index contributed by atoms with van der Waals surface area (Å²) >= 11 is 0. The number of hydrogen-bond donors (Lipinski definition) is 2. The molecule has 0 unspecified atom stereocenters. The molecule has 0 radical (unpaired) electrons. The number of rotatable bonds is 8. The summed E-state index contributed by atoms with van der Waals surface area (Å²) < 4.78 is 64.2. The zero-order chi connectivity index (χ0) is 16.0. The number of benzene rings is 1. The van der Waals surface area contributed by atoms with E-state index in [0.29, 0.717) is 37.6 Å². The van der Waals surface area contributed by atoms with Crippen molar-refractivity contribution in [3.63, 3.8) is 0 Å². The predicted octanol–water partition coefficient (Wildman–Crippen LogP) is 2.62. The van der Waals surface area contributed by atoms with Crippen LogP contribution in [0, 0.1) is 17.5 Å². The van der Waals surface area contributed by atoms with Gasteiger partial charge in [-0.3, -0.25) is 4.72 Å². The van der Waals surface area contributed by atoms with Crippen LogP contribution in [-0.4, -0.2) is 26.8 Å². The van der Waals surface area contributed by atoms with Crippen LogP contribution in [0.15, 0.2) is 12.1 Å². The molecule has 8 heteroatoms. The average molecular weight is 324 g/mol. The quantitative estimate of drug-likeness (QED) is 0.571. The SMILES string of the molecule is CC(C)NCCCCS(=O)(=O)Nc1cc(F)c(F)c(F)c1. The van der Waals surface area contributed by atoms with Crippen molar-refractivity contribution in [2.75, 3.05) is 17.0 Å². The van der Waals surface area contributed by atoms with E-state index in [9.17, 15) is 21.6 Å². The van der Waals surface area contributed by atoms with Gasteiger partial charge in [0.25, 0.3) is 0 Å². The smallest absolute Gasteiger partial charge is 0.232 e. The van der Waals surface area contributed by atoms with E-state index in [-0.39, 0.29) is 11.4 Å². The van der Waals surface area contributed by atoms with Gasteiger partial charge < -0.3 is 5.32 Å². The molecule has 0 aliphatic carbocycles. The third kappa shape index (κ3) is 6.34. The van der Waals surface area contributed by atoms with E-state index in [1.54, 1.807) is 0 Å². The predicted molar refractivity (Wildman–Crippen MR) is 76.1 cm³/mol. The van der Waals surface area contributed by atoms with Gasteiger partial charge in [-0.2, -0.15) is 0 Å². The topological polar surface area (TPSA) is 58.2 Å². The van der Waals surface area contributed by atoms with Crippen LogP contribution in [0.4, 0.5) is 18.9 Å². The van der Waals surface area contributed by atoms with Gasteiger partial charge in [0.15, 0.2) is 17.5 Å². The van der Waals surface area contributed by atoms with Gasteiger partial charge in [0.1, 0.15) is 0 Å². The number of unbranched alkanes of at least 4 members (excludes halogenated alkanes) is 1. The van der Waals surface area contributed by atoms with Gasteiger partial charge in [0, 0.05) is 18.2 Å². The number of nitrogens with one attached hydrogen (secondary N) is 2. The molecule has 4 nitrogen and oxygen atoms in total. The van der Waals surface area contributed by atoms with Crippen molar-refractivity contribution in [3.8, 4) is 0 Å². The Hall–Kier alpha value is -1.28. The Morgan fingerprint density at radius 3 is 2.19 bits per heavy atom. The second kappa shape index (κ2) is 7.65. The fourth-order valence-electron chi connectivity index (χ4n) is 1.65. The van der Waals surface area contributed by atoms with Crippen molar-refractivity contribution in [1.29, 1.82) is 0 Å². The van der Waals surface area contributed by atoms with Crippen molar-refractivity contribution in [2.24, 2.45) is 0 Å². The molecule has 21 heavy (non-hydrogen) atoms. The first kappa shape index (κ1) is 17.8. The fourth-order valence-corrected chi connectivity index (χ4v) is 2.82. The second-order valence-corrected chi connectivity index (χ2v) is 6.83. The van der Waals surface area contributed by atoms with Crippen LogP contribution in [0.1, 0.15) is 26.7 Å². The molecule has 1 rings (SSSR count). The summed E-state index contributed by atoms with van der Waals surface area (Å²) in [6.45, 7) is 4.65. The van der Waals surface area contributed by atoms with Gasteiger partial charge in [-0.05, 0) is 19.4 Å². The highest BCUT2D eigenvalue weighted by Gasteiger charge is 2.15. The lowest BCUT2D eigenvalue weighted by molar-refractivity contribution is 0.448. The molecule has 2 N–H and O–H groups in total. The molecule has 0 bridgehead atoms. The minimum atomic E-state index is -3.72. The molecule has 0 saturated carbocycles.